The van der Waals surface area contributed by atoms with Gasteiger partial charge in [-0.05, 0) is 52.8 Å². The highest BCUT2D eigenvalue weighted by atomic mass is 35.5. The SMILES string of the molecule is Clc1cc(-c2ccc3c(c2)COC3)ccc1CNC1CC1. The van der Waals surface area contributed by atoms with Crippen molar-refractivity contribution in [2.45, 2.75) is 38.6 Å². The zero-order valence-corrected chi connectivity index (χ0v) is 12.6. The summed E-state index contributed by atoms with van der Waals surface area (Å²) in [6.07, 6.45) is 2.60. The lowest BCUT2D eigenvalue weighted by Crippen LogP contribution is -2.15. The highest BCUT2D eigenvalue weighted by Crippen LogP contribution is 2.30. The van der Waals surface area contributed by atoms with Crippen molar-refractivity contribution in [1.29, 1.82) is 0 Å². The molecule has 2 aromatic carbocycles. The summed E-state index contributed by atoms with van der Waals surface area (Å²) in [5.74, 6) is 0. The molecule has 2 nitrogen and oxygen atoms in total. The third kappa shape index (κ3) is 2.84. The van der Waals surface area contributed by atoms with Gasteiger partial charge in [0.1, 0.15) is 0 Å². The van der Waals surface area contributed by atoms with Gasteiger partial charge < -0.3 is 10.1 Å². The maximum Gasteiger partial charge on any atom is 0.0725 e. The average Bonchev–Trinajstić information content (AvgIpc) is 3.21. The number of fused-ring (bicyclic) bond motifs is 1. The van der Waals surface area contributed by atoms with E-state index in [1.54, 1.807) is 0 Å². The molecule has 4 rings (SSSR count). The fourth-order valence-corrected chi connectivity index (χ4v) is 3.01. The van der Waals surface area contributed by atoms with Crippen molar-refractivity contribution in [1.82, 2.24) is 5.32 Å². The van der Waals surface area contributed by atoms with Gasteiger partial charge in [0.15, 0.2) is 0 Å². The molecule has 0 atom stereocenters. The first-order valence-electron chi connectivity index (χ1n) is 7.51. The summed E-state index contributed by atoms with van der Waals surface area (Å²) in [5, 5.41) is 4.35. The fraction of sp³-hybridized carbons (Fsp3) is 0.333. The average molecular weight is 300 g/mol. The Morgan fingerprint density at radius 3 is 2.57 bits per heavy atom. The van der Waals surface area contributed by atoms with Crippen molar-refractivity contribution in [3.05, 3.63) is 58.1 Å². The fourth-order valence-electron chi connectivity index (χ4n) is 2.76. The standard InChI is InChI=1S/C18H18ClNO/c19-18-8-13(1-3-14(18)9-20-17-5-6-17)12-2-4-15-10-21-11-16(15)7-12/h1-4,7-8,17,20H,5-6,9-11H2. The lowest BCUT2D eigenvalue weighted by molar-refractivity contribution is 0.134. The number of benzene rings is 2. The van der Waals surface area contributed by atoms with E-state index in [0.717, 1.165) is 24.8 Å². The van der Waals surface area contributed by atoms with Crippen LogP contribution in [0.5, 0.6) is 0 Å². The van der Waals surface area contributed by atoms with E-state index in [-0.39, 0.29) is 0 Å². The zero-order chi connectivity index (χ0) is 14.2. The molecule has 0 spiro atoms. The number of rotatable bonds is 4. The highest BCUT2D eigenvalue weighted by Gasteiger charge is 2.20. The lowest BCUT2D eigenvalue weighted by Gasteiger charge is -2.09. The van der Waals surface area contributed by atoms with Crippen LogP contribution in [0.15, 0.2) is 36.4 Å². The molecule has 0 amide bonds. The van der Waals surface area contributed by atoms with E-state index in [0.29, 0.717) is 6.04 Å². The molecule has 1 N–H and O–H groups in total. The Hall–Kier alpha value is -1.35. The first-order valence-corrected chi connectivity index (χ1v) is 7.89. The van der Waals surface area contributed by atoms with Crippen LogP contribution in [0, 0.1) is 0 Å². The molecule has 108 valence electrons. The molecule has 1 fully saturated rings. The highest BCUT2D eigenvalue weighted by molar-refractivity contribution is 6.31. The predicted molar refractivity (Wildman–Crippen MR) is 85.2 cm³/mol. The number of nitrogens with one attached hydrogen (secondary N) is 1. The summed E-state index contributed by atoms with van der Waals surface area (Å²) in [5.41, 5.74) is 6.16. The van der Waals surface area contributed by atoms with Gasteiger partial charge in [0.25, 0.3) is 0 Å². The van der Waals surface area contributed by atoms with E-state index in [9.17, 15) is 0 Å². The summed E-state index contributed by atoms with van der Waals surface area (Å²) in [6, 6.07) is 13.6. The smallest absolute Gasteiger partial charge is 0.0725 e. The molecule has 1 aliphatic carbocycles. The van der Waals surface area contributed by atoms with Gasteiger partial charge in [0, 0.05) is 17.6 Å². The Morgan fingerprint density at radius 2 is 1.76 bits per heavy atom. The minimum atomic E-state index is 0.706. The normalized spacial score (nSPS) is 17.0. The van der Waals surface area contributed by atoms with E-state index in [2.05, 4.69) is 41.7 Å². The molecule has 0 saturated heterocycles. The second-order valence-electron chi connectivity index (χ2n) is 5.94. The van der Waals surface area contributed by atoms with Crippen molar-refractivity contribution in [3.8, 4) is 11.1 Å². The Morgan fingerprint density at radius 1 is 1.00 bits per heavy atom. The quantitative estimate of drug-likeness (QED) is 0.909. The van der Waals surface area contributed by atoms with E-state index in [4.69, 9.17) is 16.3 Å². The van der Waals surface area contributed by atoms with Crippen LogP contribution in [0.2, 0.25) is 5.02 Å². The van der Waals surface area contributed by atoms with Gasteiger partial charge in [0.05, 0.1) is 13.2 Å². The zero-order valence-electron chi connectivity index (χ0n) is 11.9. The van der Waals surface area contributed by atoms with Crippen molar-refractivity contribution < 1.29 is 4.74 Å². The molecule has 2 aliphatic rings. The topological polar surface area (TPSA) is 21.3 Å². The largest absolute Gasteiger partial charge is 0.372 e. The minimum Gasteiger partial charge on any atom is -0.372 e. The summed E-state index contributed by atoms with van der Waals surface area (Å²) < 4.78 is 5.47. The molecule has 1 aliphatic heterocycles. The van der Waals surface area contributed by atoms with Gasteiger partial charge in [-0.15, -0.1) is 0 Å². The number of ether oxygens (including phenoxy) is 1. The van der Waals surface area contributed by atoms with Gasteiger partial charge in [0.2, 0.25) is 0 Å². The monoisotopic (exact) mass is 299 g/mol. The third-order valence-corrected chi connectivity index (χ3v) is 4.62. The van der Waals surface area contributed by atoms with Crippen molar-refractivity contribution in [3.63, 3.8) is 0 Å². The predicted octanol–water partition coefficient (Wildman–Crippen LogP) is 4.29. The molecular formula is C18H18ClNO. The van der Waals surface area contributed by atoms with Crippen LogP contribution in [-0.2, 0) is 24.5 Å². The van der Waals surface area contributed by atoms with Gasteiger partial charge in [-0.25, -0.2) is 0 Å². The molecule has 0 aromatic heterocycles. The molecule has 21 heavy (non-hydrogen) atoms. The Bertz CT molecular complexity index is 679. The molecule has 1 heterocycles. The van der Waals surface area contributed by atoms with Gasteiger partial charge in [-0.3, -0.25) is 0 Å². The summed E-state index contributed by atoms with van der Waals surface area (Å²) in [7, 11) is 0. The summed E-state index contributed by atoms with van der Waals surface area (Å²) in [4.78, 5) is 0. The maximum atomic E-state index is 6.44. The first-order chi connectivity index (χ1) is 10.3. The van der Waals surface area contributed by atoms with Crippen LogP contribution >= 0.6 is 11.6 Å². The molecule has 3 heteroatoms. The molecular weight excluding hydrogens is 282 g/mol. The third-order valence-electron chi connectivity index (χ3n) is 4.27. The summed E-state index contributed by atoms with van der Waals surface area (Å²) >= 11 is 6.44. The van der Waals surface area contributed by atoms with Gasteiger partial charge in [-0.2, -0.15) is 0 Å². The van der Waals surface area contributed by atoms with Gasteiger partial charge in [-0.1, -0.05) is 35.9 Å². The van der Waals surface area contributed by atoms with Crippen LogP contribution in [-0.4, -0.2) is 6.04 Å². The van der Waals surface area contributed by atoms with Crippen molar-refractivity contribution in [2.24, 2.45) is 0 Å². The van der Waals surface area contributed by atoms with E-state index in [1.165, 1.54) is 40.7 Å². The second-order valence-corrected chi connectivity index (χ2v) is 6.34. The minimum absolute atomic E-state index is 0.706. The summed E-state index contributed by atoms with van der Waals surface area (Å²) in [6.45, 7) is 2.32. The van der Waals surface area contributed by atoms with Crippen molar-refractivity contribution in [2.75, 3.05) is 0 Å². The van der Waals surface area contributed by atoms with Crippen molar-refractivity contribution >= 4 is 11.6 Å². The Balaban J connectivity index is 1.58. The first kappa shape index (κ1) is 13.3. The molecule has 0 unspecified atom stereocenters. The van der Waals surface area contributed by atoms with Crippen LogP contribution < -0.4 is 5.32 Å². The van der Waals surface area contributed by atoms with Crippen LogP contribution in [0.1, 0.15) is 29.5 Å². The Kier molecular flexibility index (Phi) is 3.46. The van der Waals surface area contributed by atoms with Crippen LogP contribution in [0.25, 0.3) is 11.1 Å². The number of halogens is 1. The van der Waals surface area contributed by atoms with Gasteiger partial charge >= 0.3 is 0 Å². The van der Waals surface area contributed by atoms with E-state index >= 15 is 0 Å². The second kappa shape index (κ2) is 5.45. The maximum absolute atomic E-state index is 6.44. The van der Waals surface area contributed by atoms with Crippen LogP contribution in [0.3, 0.4) is 0 Å². The molecule has 1 saturated carbocycles. The lowest BCUT2D eigenvalue weighted by atomic mass is 9.99. The van der Waals surface area contributed by atoms with E-state index in [1.807, 2.05) is 0 Å². The van der Waals surface area contributed by atoms with E-state index < -0.39 is 0 Å². The molecule has 0 radical (unpaired) electrons. The van der Waals surface area contributed by atoms with Crippen LogP contribution in [0.4, 0.5) is 0 Å². The Labute approximate surface area is 130 Å². The number of hydrogen-bond acceptors (Lipinski definition) is 2. The molecule has 2 aromatic rings. The molecule has 0 bridgehead atoms. The number of hydrogen-bond donors (Lipinski definition) is 1.